The zero-order valence-corrected chi connectivity index (χ0v) is 16.1. The Morgan fingerprint density at radius 3 is 2.59 bits per heavy atom. The van der Waals surface area contributed by atoms with E-state index in [2.05, 4.69) is 14.9 Å². The number of carbonyl (C=O) groups excluding carboxylic acids is 1. The first kappa shape index (κ1) is 19.1. The van der Waals surface area contributed by atoms with Crippen LogP contribution in [0.3, 0.4) is 0 Å². The number of ether oxygens (including phenoxy) is 2. The van der Waals surface area contributed by atoms with E-state index < -0.39 is 0 Å². The van der Waals surface area contributed by atoms with Crippen LogP contribution in [0, 0.1) is 13.8 Å². The van der Waals surface area contributed by atoms with Crippen molar-refractivity contribution < 1.29 is 14.3 Å². The molecule has 0 N–H and O–H groups in total. The quantitative estimate of drug-likeness (QED) is 0.774. The molecule has 27 heavy (non-hydrogen) atoms. The van der Waals surface area contributed by atoms with Gasteiger partial charge in [0, 0.05) is 45.0 Å². The van der Waals surface area contributed by atoms with Crippen molar-refractivity contribution in [1.29, 1.82) is 0 Å². The maximum atomic E-state index is 12.7. The molecule has 1 amide bonds. The zero-order valence-electron chi connectivity index (χ0n) is 16.1. The molecule has 2 heterocycles. The average Bonchev–Trinajstić information content (AvgIpc) is 2.68. The highest BCUT2D eigenvalue weighted by Crippen LogP contribution is 2.19. The summed E-state index contributed by atoms with van der Waals surface area (Å²) in [6.07, 6.45) is 1.63. The minimum absolute atomic E-state index is 0.0137. The third-order valence-corrected chi connectivity index (χ3v) is 4.71. The number of hydrogen-bond acceptors (Lipinski definition) is 6. The number of hydrogen-bond donors (Lipinski definition) is 0. The first-order valence-corrected chi connectivity index (χ1v) is 9.15. The third kappa shape index (κ3) is 4.95. The Morgan fingerprint density at radius 2 is 1.89 bits per heavy atom. The van der Waals surface area contributed by atoms with Gasteiger partial charge in [-0.15, -0.1) is 0 Å². The normalized spacial score (nSPS) is 14.9. The van der Waals surface area contributed by atoms with E-state index in [9.17, 15) is 4.79 Å². The van der Waals surface area contributed by atoms with Crippen LogP contribution in [0.5, 0.6) is 11.5 Å². The maximum absolute atomic E-state index is 12.7. The van der Waals surface area contributed by atoms with Crippen molar-refractivity contribution in [2.24, 2.45) is 0 Å². The molecular formula is C20H26N4O3. The summed E-state index contributed by atoms with van der Waals surface area (Å²) in [5.41, 5.74) is 1.33. The predicted molar refractivity (Wildman–Crippen MR) is 102 cm³/mol. The van der Waals surface area contributed by atoms with Crippen LogP contribution in [0.4, 0.5) is 0 Å². The van der Waals surface area contributed by atoms with Crippen molar-refractivity contribution in [2.45, 2.75) is 13.8 Å². The predicted octanol–water partition coefficient (Wildman–Crippen LogP) is 1.94. The van der Waals surface area contributed by atoms with Crippen molar-refractivity contribution in [3.8, 4) is 11.5 Å². The second-order valence-corrected chi connectivity index (χ2v) is 6.58. The topological polar surface area (TPSA) is 67.8 Å². The number of methoxy groups -OCH3 is 1. The first-order chi connectivity index (χ1) is 13.1. The number of amides is 1. The summed E-state index contributed by atoms with van der Waals surface area (Å²) in [5.74, 6) is 2.29. The molecule has 3 rings (SSSR count). The van der Waals surface area contributed by atoms with E-state index in [0.717, 1.165) is 36.8 Å². The highest BCUT2D eigenvalue weighted by atomic mass is 16.5. The Labute approximate surface area is 159 Å². The summed E-state index contributed by atoms with van der Waals surface area (Å²) in [6, 6.07) is 7.60. The van der Waals surface area contributed by atoms with Gasteiger partial charge in [0.1, 0.15) is 23.9 Å². The fraction of sp³-hybridized carbons (Fsp3) is 0.450. The maximum Gasteiger partial charge on any atom is 0.257 e. The Kier molecular flexibility index (Phi) is 6.24. The van der Waals surface area contributed by atoms with Crippen molar-refractivity contribution in [1.82, 2.24) is 19.8 Å². The highest BCUT2D eigenvalue weighted by molar-refractivity contribution is 5.95. The average molecular weight is 370 g/mol. The lowest BCUT2D eigenvalue weighted by Gasteiger charge is -2.34. The number of aromatic nitrogens is 2. The summed E-state index contributed by atoms with van der Waals surface area (Å²) in [7, 11) is 1.64. The minimum atomic E-state index is 0.0137. The molecule has 1 aliphatic rings. The fourth-order valence-corrected chi connectivity index (χ4v) is 3.12. The van der Waals surface area contributed by atoms with Gasteiger partial charge >= 0.3 is 0 Å². The summed E-state index contributed by atoms with van der Waals surface area (Å²) in [4.78, 5) is 25.3. The molecule has 144 valence electrons. The van der Waals surface area contributed by atoms with Crippen LogP contribution >= 0.6 is 0 Å². The lowest BCUT2D eigenvalue weighted by molar-refractivity contribution is 0.0618. The summed E-state index contributed by atoms with van der Waals surface area (Å²) in [5, 5.41) is 0. The molecule has 0 radical (unpaired) electrons. The van der Waals surface area contributed by atoms with Crippen LogP contribution in [-0.2, 0) is 0 Å². The minimum Gasteiger partial charge on any atom is -0.497 e. The summed E-state index contributed by atoms with van der Waals surface area (Å²) < 4.78 is 11.0. The largest absolute Gasteiger partial charge is 0.497 e. The van der Waals surface area contributed by atoms with Gasteiger partial charge in [0.25, 0.3) is 5.91 Å². The van der Waals surface area contributed by atoms with Crippen LogP contribution in [0.25, 0.3) is 0 Å². The molecule has 2 aromatic rings. The number of piperazine rings is 1. The molecule has 1 aromatic heterocycles. The van der Waals surface area contributed by atoms with Crippen LogP contribution < -0.4 is 9.47 Å². The molecule has 0 spiro atoms. The van der Waals surface area contributed by atoms with E-state index >= 15 is 0 Å². The van der Waals surface area contributed by atoms with Gasteiger partial charge in [-0.2, -0.15) is 0 Å². The number of benzene rings is 1. The number of aryl methyl sites for hydroxylation is 2. The highest BCUT2D eigenvalue weighted by Gasteiger charge is 2.23. The van der Waals surface area contributed by atoms with E-state index in [1.807, 2.05) is 43.0 Å². The monoisotopic (exact) mass is 370 g/mol. The number of nitrogens with zero attached hydrogens (tertiary/aromatic N) is 4. The number of rotatable bonds is 6. The number of carbonyl (C=O) groups is 1. The van der Waals surface area contributed by atoms with E-state index in [1.54, 1.807) is 13.3 Å². The standard InChI is InChI=1S/C20H26N4O3/c1-15-19(14-21-16(2)22-15)20(25)24-9-7-23(8-10-24)11-12-27-18-6-4-5-17(13-18)26-3/h4-6,13-14H,7-12H2,1-3H3. The van der Waals surface area contributed by atoms with Crippen LogP contribution in [-0.4, -0.2) is 72.1 Å². The lowest BCUT2D eigenvalue weighted by atomic mass is 10.2. The molecule has 1 aromatic carbocycles. The van der Waals surface area contributed by atoms with E-state index in [-0.39, 0.29) is 5.91 Å². The van der Waals surface area contributed by atoms with Crippen LogP contribution in [0.15, 0.2) is 30.5 Å². The summed E-state index contributed by atoms with van der Waals surface area (Å²) in [6.45, 7) is 8.17. The van der Waals surface area contributed by atoms with Crippen LogP contribution in [0.2, 0.25) is 0 Å². The molecule has 7 nitrogen and oxygen atoms in total. The SMILES string of the molecule is COc1cccc(OCCN2CCN(C(=O)c3cnc(C)nc3C)CC2)c1. The lowest BCUT2D eigenvalue weighted by Crippen LogP contribution is -2.49. The second-order valence-electron chi connectivity index (χ2n) is 6.58. The Hall–Kier alpha value is -2.67. The Balaban J connectivity index is 1.45. The van der Waals surface area contributed by atoms with Crippen molar-refractivity contribution in [2.75, 3.05) is 46.4 Å². The van der Waals surface area contributed by atoms with E-state index in [0.29, 0.717) is 31.1 Å². The summed E-state index contributed by atoms with van der Waals surface area (Å²) >= 11 is 0. The first-order valence-electron chi connectivity index (χ1n) is 9.15. The van der Waals surface area contributed by atoms with Gasteiger partial charge in [0.05, 0.1) is 18.4 Å². The molecule has 1 aliphatic heterocycles. The Bertz CT molecular complexity index is 789. The van der Waals surface area contributed by atoms with Crippen LogP contribution in [0.1, 0.15) is 21.9 Å². The second kappa shape index (κ2) is 8.81. The third-order valence-electron chi connectivity index (χ3n) is 4.71. The van der Waals surface area contributed by atoms with Gasteiger partial charge in [-0.25, -0.2) is 9.97 Å². The molecule has 1 fully saturated rings. The molecule has 1 saturated heterocycles. The van der Waals surface area contributed by atoms with Gasteiger partial charge in [0.15, 0.2) is 0 Å². The molecule has 0 saturated carbocycles. The Morgan fingerprint density at radius 1 is 1.15 bits per heavy atom. The van der Waals surface area contributed by atoms with E-state index in [1.165, 1.54) is 0 Å². The molecule has 0 bridgehead atoms. The molecule has 0 aliphatic carbocycles. The molecule has 0 atom stereocenters. The smallest absolute Gasteiger partial charge is 0.257 e. The van der Waals surface area contributed by atoms with Gasteiger partial charge in [-0.3, -0.25) is 9.69 Å². The zero-order chi connectivity index (χ0) is 19.2. The van der Waals surface area contributed by atoms with Crippen molar-refractivity contribution >= 4 is 5.91 Å². The fourth-order valence-electron chi connectivity index (χ4n) is 3.12. The van der Waals surface area contributed by atoms with Gasteiger partial charge in [-0.1, -0.05) is 6.07 Å². The van der Waals surface area contributed by atoms with Crippen molar-refractivity contribution in [3.05, 3.63) is 47.5 Å². The van der Waals surface area contributed by atoms with Gasteiger partial charge < -0.3 is 14.4 Å². The molecule has 0 unspecified atom stereocenters. The van der Waals surface area contributed by atoms with Crippen molar-refractivity contribution in [3.63, 3.8) is 0 Å². The molecule has 7 heteroatoms. The van der Waals surface area contributed by atoms with E-state index in [4.69, 9.17) is 9.47 Å². The van der Waals surface area contributed by atoms with Gasteiger partial charge in [0.2, 0.25) is 0 Å². The van der Waals surface area contributed by atoms with Gasteiger partial charge in [-0.05, 0) is 26.0 Å². The molecular weight excluding hydrogens is 344 g/mol.